The quantitative estimate of drug-likeness (QED) is 0.703. The van der Waals surface area contributed by atoms with E-state index < -0.39 is 8.32 Å². The lowest BCUT2D eigenvalue weighted by atomic mass is 9.77. The minimum Gasteiger partial charge on any atom is -0.413 e. The Morgan fingerprint density at radius 1 is 1.14 bits per heavy atom. The lowest BCUT2D eigenvalue weighted by Crippen LogP contribution is -2.43. The average molecular weight is 324 g/mol. The fraction of sp³-hybridized carbons (Fsp3) is 0.882. The molecule has 0 bridgehead atoms. The predicted octanol–water partition coefficient (Wildman–Crippen LogP) is 4.73. The molecule has 0 N–H and O–H groups in total. The molecule has 0 aromatic heterocycles. The Kier molecular flexibility index (Phi) is 4.54. The largest absolute Gasteiger partial charge is 0.490 e. The summed E-state index contributed by atoms with van der Waals surface area (Å²) < 4.78 is 18.9. The second-order valence-electron chi connectivity index (χ2n) is 9.31. The summed E-state index contributed by atoms with van der Waals surface area (Å²) in [6.07, 6.45) is 4.46. The van der Waals surface area contributed by atoms with Crippen LogP contribution in [0.25, 0.3) is 0 Å². The van der Waals surface area contributed by atoms with E-state index in [4.69, 9.17) is 13.7 Å². The van der Waals surface area contributed by atoms with Gasteiger partial charge in [-0.15, -0.1) is 0 Å². The molecular formula is C17H33BO3Si. The zero-order chi connectivity index (χ0) is 17.0. The summed E-state index contributed by atoms with van der Waals surface area (Å²) in [7, 11) is -1.92. The molecule has 3 nitrogen and oxygen atoms in total. The van der Waals surface area contributed by atoms with E-state index in [9.17, 15) is 0 Å². The molecule has 2 aliphatic rings. The first kappa shape index (κ1) is 18.2. The van der Waals surface area contributed by atoms with Crippen molar-refractivity contribution in [1.29, 1.82) is 0 Å². The molecule has 5 heteroatoms. The topological polar surface area (TPSA) is 27.7 Å². The van der Waals surface area contributed by atoms with Crippen LogP contribution in [-0.2, 0) is 13.7 Å². The van der Waals surface area contributed by atoms with Gasteiger partial charge in [-0.1, -0.05) is 26.8 Å². The summed E-state index contributed by atoms with van der Waals surface area (Å²) in [4.78, 5) is 0. The van der Waals surface area contributed by atoms with Gasteiger partial charge in [0.05, 0.1) is 17.3 Å². The Labute approximate surface area is 138 Å². The second kappa shape index (κ2) is 5.47. The highest BCUT2D eigenvalue weighted by Gasteiger charge is 2.53. The first-order valence-electron chi connectivity index (χ1n) is 8.48. The third-order valence-corrected chi connectivity index (χ3v) is 10.5. The molecule has 0 aromatic rings. The summed E-state index contributed by atoms with van der Waals surface area (Å²) in [5.74, 6) is 0. The van der Waals surface area contributed by atoms with Gasteiger partial charge in [0.2, 0.25) is 0 Å². The Bertz CT molecular complexity index is 447. The van der Waals surface area contributed by atoms with Gasteiger partial charge in [0.25, 0.3) is 0 Å². The molecule has 1 fully saturated rings. The van der Waals surface area contributed by atoms with Crippen molar-refractivity contribution in [2.24, 2.45) is 0 Å². The molecule has 1 aliphatic carbocycles. The van der Waals surface area contributed by atoms with E-state index in [1.165, 1.54) is 5.47 Å². The first-order valence-corrected chi connectivity index (χ1v) is 11.4. The van der Waals surface area contributed by atoms with Crippen LogP contribution in [0.5, 0.6) is 0 Å². The van der Waals surface area contributed by atoms with E-state index in [2.05, 4.69) is 67.6 Å². The summed E-state index contributed by atoms with van der Waals surface area (Å²) >= 11 is 0. The molecule has 1 aliphatic heterocycles. The lowest BCUT2D eigenvalue weighted by molar-refractivity contribution is 0.00578. The van der Waals surface area contributed by atoms with E-state index in [-0.39, 0.29) is 29.5 Å². The Morgan fingerprint density at radius 3 is 2.09 bits per heavy atom. The normalized spacial score (nSPS) is 28.1. The van der Waals surface area contributed by atoms with Crippen LogP contribution in [-0.4, -0.2) is 32.7 Å². The van der Waals surface area contributed by atoms with E-state index in [1.807, 2.05) is 0 Å². The maximum absolute atomic E-state index is 6.53. The van der Waals surface area contributed by atoms with Gasteiger partial charge in [-0.05, 0) is 64.1 Å². The third-order valence-electron chi connectivity index (χ3n) is 5.93. The van der Waals surface area contributed by atoms with Gasteiger partial charge >= 0.3 is 7.12 Å². The van der Waals surface area contributed by atoms with Crippen LogP contribution in [0.15, 0.2) is 11.5 Å². The number of hydrogen-bond acceptors (Lipinski definition) is 3. The molecule has 0 aromatic carbocycles. The lowest BCUT2D eigenvalue weighted by Gasteiger charge is -2.38. The highest BCUT2D eigenvalue weighted by molar-refractivity contribution is 6.74. The van der Waals surface area contributed by atoms with Gasteiger partial charge in [0, 0.05) is 0 Å². The zero-order valence-corrected chi connectivity index (χ0v) is 16.9. The molecule has 0 radical (unpaired) electrons. The molecule has 0 saturated carbocycles. The summed E-state index contributed by atoms with van der Waals surface area (Å²) in [6.45, 7) is 19.9. The van der Waals surface area contributed by atoms with Crippen molar-refractivity contribution in [2.45, 2.75) is 96.7 Å². The summed E-state index contributed by atoms with van der Waals surface area (Å²) in [6, 6.07) is 0. The second-order valence-corrected chi connectivity index (χ2v) is 14.1. The summed E-state index contributed by atoms with van der Waals surface area (Å²) in [5, 5.41) is 0.250. The first-order chi connectivity index (χ1) is 9.75. The van der Waals surface area contributed by atoms with Crippen LogP contribution in [0, 0.1) is 0 Å². The maximum Gasteiger partial charge on any atom is 0.490 e. The molecule has 1 atom stereocenters. The van der Waals surface area contributed by atoms with Crippen molar-refractivity contribution >= 4 is 15.4 Å². The van der Waals surface area contributed by atoms with Crippen molar-refractivity contribution < 1.29 is 13.7 Å². The molecule has 0 amide bonds. The van der Waals surface area contributed by atoms with Crippen LogP contribution < -0.4 is 0 Å². The van der Waals surface area contributed by atoms with Crippen molar-refractivity contribution in [3.8, 4) is 0 Å². The fourth-order valence-electron chi connectivity index (χ4n) is 2.58. The van der Waals surface area contributed by atoms with Gasteiger partial charge in [-0.25, -0.2) is 0 Å². The van der Waals surface area contributed by atoms with E-state index in [1.54, 1.807) is 0 Å². The third kappa shape index (κ3) is 3.37. The van der Waals surface area contributed by atoms with Crippen molar-refractivity contribution in [3.05, 3.63) is 11.5 Å². The van der Waals surface area contributed by atoms with Crippen LogP contribution in [0.4, 0.5) is 0 Å². The molecule has 2 rings (SSSR count). The highest BCUT2D eigenvalue weighted by atomic mass is 28.4. The van der Waals surface area contributed by atoms with E-state index >= 15 is 0 Å². The SMILES string of the molecule is CC1(C)OB(C2=CCC(O[Si](C)(C)C(C)(C)C)C2)OC1(C)C. The Morgan fingerprint density at radius 2 is 1.64 bits per heavy atom. The van der Waals surface area contributed by atoms with Gasteiger partial charge in [0.1, 0.15) is 0 Å². The molecule has 1 unspecified atom stereocenters. The maximum atomic E-state index is 6.53. The highest BCUT2D eigenvalue weighted by Crippen LogP contribution is 2.43. The molecule has 126 valence electrons. The number of hydrogen-bond donors (Lipinski definition) is 0. The smallest absolute Gasteiger partial charge is 0.413 e. The van der Waals surface area contributed by atoms with Crippen LogP contribution >= 0.6 is 0 Å². The Balaban J connectivity index is 1.97. The summed E-state index contributed by atoms with van der Waals surface area (Å²) in [5.41, 5.74) is 0.718. The minimum absolute atomic E-state index is 0.210. The average Bonchev–Trinajstić information content (AvgIpc) is 2.80. The molecule has 0 spiro atoms. The van der Waals surface area contributed by atoms with Gasteiger partial charge < -0.3 is 13.7 Å². The van der Waals surface area contributed by atoms with Crippen molar-refractivity contribution in [1.82, 2.24) is 0 Å². The van der Waals surface area contributed by atoms with Crippen LogP contribution in [0.3, 0.4) is 0 Å². The fourth-order valence-corrected chi connectivity index (χ4v) is 3.95. The predicted molar refractivity (Wildman–Crippen MR) is 95.5 cm³/mol. The standard InChI is InChI=1S/C17H33BO3Si/c1-15(2,3)22(8,9)19-14-11-10-13(12-14)18-20-16(4,5)17(6,7)21-18/h10,14H,11-12H2,1-9H3. The monoisotopic (exact) mass is 324 g/mol. The van der Waals surface area contributed by atoms with E-state index in [0.717, 1.165) is 12.8 Å². The van der Waals surface area contributed by atoms with Crippen molar-refractivity contribution in [3.63, 3.8) is 0 Å². The van der Waals surface area contributed by atoms with Crippen LogP contribution in [0.2, 0.25) is 18.1 Å². The zero-order valence-electron chi connectivity index (χ0n) is 15.9. The van der Waals surface area contributed by atoms with Crippen molar-refractivity contribution in [2.75, 3.05) is 0 Å². The Hall–Kier alpha value is -0.0982. The minimum atomic E-state index is -1.71. The van der Waals surface area contributed by atoms with Gasteiger partial charge in [-0.2, -0.15) is 0 Å². The molecular weight excluding hydrogens is 291 g/mol. The van der Waals surface area contributed by atoms with Gasteiger partial charge in [0.15, 0.2) is 8.32 Å². The molecule has 1 heterocycles. The van der Waals surface area contributed by atoms with Crippen LogP contribution in [0.1, 0.15) is 61.3 Å². The van der Waals surface area contributed by atoms with E-state index in [0.29, 0.717) is 0 Å². The molecule has 22 heavy (non-hydrogen) atoms. The number of rotatable bonds is 3. The molecule has 1 saturated heterocycles. The van der Waals surface area contributed by atoms with Gasteiger partial charge in [-0.3, -0.25) is 0 Å².